The van der Waals surface area contributed by atoms with Crippen LogP contribution in [0.4, 0.5) is 5.69 Å². The number of nitrogens with zero attached hydrogens (tertiary/aromatic N) is 3. The SMILES string of the molecule is CS(=O)(=O)N1CCc2cc(C(=O)N3CCCC3c3nc4ccccc4[nH]3)ccc21. The Morgan fingerprint density at radius 3 is 2.79 bits per heavy atom. The highest BCUT2D eigenvalue weighted by Gasteiger charge is 2.34. The van der Waals surface area contributed by atoms with Crippen LogP contribution in [0, 0.1) is 0 Å². The maximum Gasteiger partial charge on any atom is 0.254 e. The molecular weight excluding hydrogens is 388 g/mol. The predicted molar refractivity (Wildman–Crippen MR) is 111 cm³/mol. The fourth-order valence-electron chi connectivity index (χ4n) is 4.44. The first-order chi connectivity index (χ1) is 13.9. The average Bonchev–Trinajstić information content (AvgIpc) is 3.42. The Bertz CT molecular complexity index is 1180. The monoisotopic (exact) mass is 410 g/mol. The van der Waals surface area contributed by atoms with Gasteiger partial charge in [-0.05, 0) is 55.2 Å². The molecule has 7 nitrogen and oxygen atoms in total. The second-order valence-corrected chi connectivity index (χ2v) is 9.63. The van der Waals surface area contributed by atoms with E-state index in [4.69, 9.17) is 4.98 Å². The van der Waals surface area contributed by atoms with E-state index in [1.54, 1.807) is 12.1 Å². The lowest BCUT2D eigenvalue weighted by atomic mass is 10.1. The molecule has 0 radical (unpaired) electrons. The Morgan fingerprint density at radius 1 is 1.17 bits per heavy atom. The van der Waals surface area contributed by atoms with E-state index in [9.17, 15) is 13.2 Å². The van der Waals surface area contributed by atoms with Gasteiger partial charge in [-0.3, -0.25) is 9.10 Å². The lowest BCUT2D eigenvalue weighted by molar-refractivity contribution is 0.0730. The molecule has 3 aromatic rings. The molecule has 1 saturated heterocycles. The number of imidazole rings is 1. The molecule has 5 rings (SSSR count). The number of nitrogens with one attached hydrogen (secondary N) is 1. The Hall–Kier alpha value is -2.87. The van der Waals surface area contributed by atoms with E-state index in [1.807, 2.05) is 35.2 Å². The summed E-state index contributed by atoms with van der Waals surface area (Å²) in [5.74, 6) is 0.787. The van der Waals surface area contributed by atoms with Crippen LogP contribution in [0.25, 0.3) is 11.0 Å². The van der Waals surface area contributed by atoms with Crippen LogP contribution in [0.2, 0.25) is 0 Å². The number of hydrogen-bond donors (Lipinski definition) is 1. The number of H-pyrrole nitrogens is 1. The van der Waals surface area contributed by atoms with Gasteiger partial charge in [-0.1, -0.05) is 12.1 Å². The van der Waals surface area contributed by atoms with Crippen LogP contribution < -0.4 is 4.31 Å². The van der Waals surface area contributed by atoms with Gasteiger partial charge in [0, 0.05) is 18.7 Å². The minimum Gasteiger partial charge on any atom is -0.340 e. The van der Waals surface area contributed by atoms with E-state index < -0.39 is 10.0 Å². The van der Waals surface area contributed by atoms with Crippen molar-refractivity contribution in [2.75, 3.05) is 23.7 Å². The number of anilines is 1. The molecule has 2 aromatic carbocycles. The number of rotatable bonds is 3. The van der Waals surface area contributed by atoms with Crippen molar-refractivity contribution in [1.29, 1.82) is 0 Å². The molecule has 1 aromatic heterocycles. The zero-order valence-electron chi connectivity index (χ0n) is 16.1. The third kappa shape index (κ3) is 3.07. The fraction of sp³-hybridized carbons (Fsp3) is 0.333. The number of sulfonamides is 1. The van der Waals surface area contributed by atoms with E-state index >= 15 is 0 Å². The standard InChI is InChI=1S/C21H22N4O3S/c1-29(27,28)25-12-10-14-13-15(8-9-18(14)25)21(26)24-11-4-7-19(24)20-22-16-5-2-3-6-17(16)23-20/h2-3,5-6,8-9,13,19H,4,7,10-12H2,1H3,(H,22,23). The topological polar surface area (TPSA) is 86.4 Å². The van der Waals surface area contributed by atoms with Gasteiger partial charge in [-0.15, -0.1) is 0 Å². The smallest absolute Gasteiger partial charge is 0.254 e. The van der Waals surface area contributed by atoms with Gasteiger partial charge in [0.25, 0.3) is 5.91 Å². The second kappa shape index (κ2) is 6.59. The highest BCUT2D eigenvalue weighted by atomic mass is 32.2. The molecule has 8 heteroatoms. The number of aromatic nitrogens is 2. The van der Waals surface area contributed by atoms with Crippen molar-refractivity contribution in [2.45, 2.75) is 25.3 Å². The van der Waals surface area contributed by atoms with E-state index in [0.29, 0.717) is 30.8 Å². The van der Waals surface area contributed by atoms with Crippen molar-refractivity contribution in [1.82, 2.24) is 14.9 Å². The molecule has 2 aliphatic heterocycles. The molecule has 0 spiro atoms. The Kier molecular flexibility index (Phi) is 4.13. The molecule has 1 atom stereocenters. The summed E-state index contributed by atoms with van der Waals surface area (Å²) < 4.78 is 25.3. The van der Waals surface area contributed by atoms with Crippen LogP contribution in [-0.4, -0.2) is 48.5 Å². The minimum absolute atomic E-state index is 0.0337. The molecule has 150 valence electrons. The summed E-state index contributed by atoms with van der Waals surface area (Å²) >= 11 is 0. The number of aromatic amines is 1. The molecule has 3 heterocycles. The highest BCUT2D eigenvalue weighted by molar-refractivity contribution is 7.92. The van der Waals surface area contributed by atoms with Gasteiger partial charge in [-0.25, -0.2) is 13.4 Å². The van der Waals surface area contributed by atoms with Crippen molar-refractivity contribution in [2.24, 2.45) is 0 Å². The first-order valence-electron chi connectivity index (χ1n) is 9.78. The Balaban J connectivity index is 1.44. The molecule has 1 N–H and O–H groups in total. The van der Waals surface area contributed by atoms with Crippen molar-refractivity contribution in [3.63, 3.8) is 0 Å². The molecular formula is C21H22N4O3S. The van der Waals surface area contributed by atoms with Gasteiger partial charge >= 0.3 is 0 Å². The summed E-state index contributed by atoms with van der Waals surface area (Å²) in [5, 5.41) is 0. The Labute approximate surface area is 169 Å². The van der Waals surface area contributed by atoms with Gasteiger partial charge in [0.05, 0.1) is 29.0 Å². The maximum absolute atomic E-state index is 13.3. The number of amides is 1. The highest BCUT2D eigenvalue weighted by Crippen LogP contribution is 2.35. The summed E-state index contributed by atoms with van der Waals surface area (Å²) in [6.07, 6.45) is 3.64. The number of likely N-dealkylation sites (tertiary alicyclic amines) is 1. The summed E-state index contributed by atoms with van der Waals surface area (Å²) in [6, 6.07) is 13.1. The van der Waals surface area contributed by atoms with Gasteiger partial charge in [0.15, 0.2) is 0 Å². The van der Waals surface area contributed by atoms with Crippen LogP contribution >= 0.6 is 0 Å². The first-order valence-corrected chi connectivity index (χ1v) is 11.6. The molecule has 2 aliphatic rings. The summed E-state index contributed by atoms with van der Waals surface area (Å²) in [5.41, 5.74) is 4.06. The summed E-state index contributed by atoms with van der Waals surface area (Å²) in [6.45, 7) is 1.12. The third-order valence-electron chi connectivity index (χ3n) is 5.82. The van der Waals surface area contributed by atoms with Crippen molar-refractivity contribution in [3.8, 4) is 0 Å². The number of fused-ring (bicyclic) bond motifs is 2. The largest absolute Gasteiger partial charge is 0.340 e. The van der Waals surface area contributed by atoms with E-state index in [1.165, 1.54) is 10.6 Å². The molecule has 0 saturated carbocycles. The normalized spacial score (nSPS) is 19.1. The number of carbonyl (C=O) groups excluding carboxylic acids is 1. The predicted octanol–water partition coefficient (Wildman–Crippen LogP) is 2.86. The number of hydrogen-bond acceptors (Lipinski definition) is 4. The molecule has 29 heavy (non-hydrogen) atoms. The van der Waals surface area contributed by atoms with Crippen LogP contribution in [-0.2, 0) is 16.4 Å². The van der Waals surface area contributed by atoms with Crippen molar-refractivity contribution in [3.05, 3.63) is 59.4 Å². The van der Waals surface area contributed by atoms with Gasteiger partial charge < -0.3 is 9.88 Å². The van der Waals surface area contributed by atoms with Crippen molar-refractivity contribution >= 4 is 32.7 Å². The maximum atomic E-state index is 13.3. The van der Waals surface area contributed by atoms with Crippen LogP contribution in [0.5, 0.6) is 0 Å². The number of para-hydroxylation sites is 2. The third-order valence-corrected chi connectivity index (χ3v) is 7.00. The molecule has 0 bridgehead atoms. The minimum atomic E-state index is -3.30. The zero-order valence-corrected chi connectivity index (χ0v) is 16.9. The molecule has 0 aliphatic carbocycles. The zero-order chi connectivity index (χ0) is 20.2. The van der Waals surface area contributed by atoms with E-state index in [-0.39, 0.29) is 11.9 Å². The van der Waals surface area contributed by atoms with Crippen LogP contribution in [0.1, 0.15) is 40.6 Å². The van der Waals surface area contributed by atoms with Gasteiger partial charge in [0.1, 0.15) is 5.82 Å². The average molecular weight is 410 g/mol. The number of benzene rings is 2. The Morgan fingerprint density at radius 2 is 2.00 bits per heavy atom. The van der Waals surface area contributed by atoms with Gasteiger partial charge in [-0.2, -0.15) is 0 Å². The summed E-state index contributed by atoms with van der Waals surface area (Å²) in [7, 11) is -3.30. The van der Waals surface area contributed by atoms with Crippen LogP contribution in [0.15, 0.2) is 42.5 Å². The quantitative estimate of drug-likeness (QED) is 0.719. The van der Waals surface area contributed by atoms with Crippen molar-refractivity contribution < 1.29 is 13.2 Å². The molecule has 1 unspecified atom stereocenters. The number of carbonyl (C=O) groups is 1. The lowest BCUT2D eigenvalue weighted by Gasteiger charge is -2.24. The van der Waals surface area contributed by atoms with E-state index in [0.717, 1.165) is 35.3 Å². The molecule has 1 fully saturated rings. The lowest BCUT2D eigenvalue weighted by Crippen LogP contribution is -2.31. The first kappa shape index (κ1) is 18.2. The molecule has 1 amide bonds. The van der Waals surface area contributed by atoms with Gasteiger partial charge in [0.2, 0.25) is 10.0 Å². The fourth-order valence-corrected chi connectivity index (χ4v) is 5.40. The van der Waals surface area contributed by atoms with E-state index in [2.05, 4.69) is 4.98 Å². The second-order valence-electron chi connectivity index (χ2n) is 7.72. The van der Waals surface area contributed by atoms with Crippen LogP contribution in [0.3, 0.4) is 0 Å². The summed E-state index contributed by atoms with van der Waals surface area (Å²) in [4.78, 5) is 23.2.